The minimum Gasteiger partial charge on any atom is -0.399 e. The Morgan fingerprint density at radius 3 is 2.62 bits per heavy atom. The molecule has 0 amide bonds. The highest BCUT2D eigenvalue weighted by atomic mass is 35.5. The van der Waals surface area contributed by atoms with E-state index >= 15 is 0 Å². The van der Waals surface area contributed by atoms with Crippen molar-refractivity contribution in [3.05, 3.63) is 58.9 Å². The van der Waals surface area contributed by atoms with Gasteiger partial charge in [-0.3, -0.25) is 0 Å². The van der Waals surface area contributed by atoms with Crippen LogP contribution in [0.25, 0.3) is 0 Å². The topological polar surface area (TPSA) is 72.2 Å². The van der Waals surface area contributed by atoms with Gasteiger partial charge in [-0.05, 0) is 42.8 Å². The van der Waals surface area contributed by atoms with Crippen molar-refractivity contribution in [1.29, 1.82) is 0 Å². The van der Waals surface area contributed by atoms with E-state index in [1.807, 2.05) is 0 Å². The van der Waals surface area contributed by atoms with Crippen LogP contribution in [0.5, 0.6) is 0 Å². The molecule has 0 fully saturated rings. The number of hydrogen-bond donors (Lipinski definition) is 2. The lowest BCUT2D eigenvalue weighted by molar-refractivity contribution is 0.547. The Bertz CT molecular complexity index is 765. The molecule has 0 aromatic heterocycles. The molecule has 0 aliphatic carbocycles. The lowest BCUT2D eigenvalue weighted by atomic mass is 10.1. The molecule has 1 unspecified atom stereocenters. The van der Waals surface area contributed by atoms with Crippen LogP contribution in [0.3, 0.4) is 0 Å². The second-order valence-electron chi connectivity index (χ2n) is 4.59. The summed E-state index contributed by atoms with van der Waals surface area (Å²) < 4.78 is 40.6. The highest BCUT2D eigenvalue weighted by Gasteiger charge is 2.22. The highest BCUT2D eigenvalue weighted by Crippen LogP contribution is 2.22. The molecule has 4 nitrogen and oxygen atoms in total. The fourth-order valence-electron chi connectivity index (χ4n) is 1.87. The van der Waals surface area contributed by atoms with E-state index in [1.54, 1.807) is 31.2 Å². The number of halogens is 2. The van der Waals surface area contributed by atoms with Crippen LogP contribution >= 0.6 is 11.6 Å². The van der Waals surface area contributed by atoms with Gasteiger partial charge in [-0.1, -0.05) is 23.7 Å². The highest BCUT2D eigenvalue weighted by molar-refractivity contribution is 7.89. The maximum absolute atomic E-state index is 13.7. The fourth-order valence-corrected chi connectivity index (χ4v) is 3.41. The third-order valence-corrected chi connectivity index (χ3v) is 4.72. The van der Waals surface area contributed by atoms with Gasteiger partial charge in [0.1, 0.15) is 10.7 Å². The first-order chi connectivity index (χ1) is 9.79. The van der Waals surface area contributed by atoms with Crippen molar-refractivity contribution >= 4 is 27.3 Å². The first-order valence-electron chi connectivity index (χ1n) is 6.12. The van der Waals surface area contributed by atoms with Crippen LogP contribution in [0.1, 0.15) is 18.5 Å². The molecule has 0 aliphatic rings. The van der Waals surface area contributed by atoms with Crippen molar-refractivity contribution < 1.29 is 12.8 Å². The molecular weight excluding hydrogens is 315 g/mol. The SMILES string of the molecule is CC(NS(=O)(=O)c1cc(N)ccc1F)c1cccc(Cl)c1. The molecule has 112 valence electrons. The van der Waals surface area contributed by atoms with E-state index in [0.717, 1.165) is 12.1 Å². The maximum atomic E-state index is 13.7. The Labute approximate surface area is 127 Å². The third kappa shape index (κ3) is 3.72. The molecule has 2 rings (SSSR count). The van der Waals surface area contributed by atoms with Gasteiger partial charge in [-0.25, -0.2) is 17.5 Å². The summed E-state index contributed by atoms with van der Waals surface area (Å²) in [5.74, 6) is -0.852. The number of nitrogens with two attached hydrogens (primary N) is 1. The van der Waals surface area contributed by atoms with Crippen LogP contribution in [0, 0.1) is 5.82 Å². The molecule has 0 heterocycles. The Balaban J connectivity index is 2.31. The first kappa shape index (κ1) is 15.8. The lowest BCUT2D eigenvalue weighted by Gasteiger charge is -2.15. The Kier molecular flexibility index (Phi) is 4.51. The van der Waals surface area contributed by atoms with E-state index in [4.69, 9.17) is 17.3 Å². The molecule has 0 aliphatic heterocycles. The van der Waals surface area contributed by atoms with Crippen LogP contribution in [-0.2, 0) is 10.0 Å². The summed E-state index contributed by atoms with van der Waals surface area (Å²) in [4.78, 5) is -0.476. The van der Waals surface area contributed by atoms with Crippen molar-refractivity contribution in [3.63, 3.8) is 0 Å². The summed E-state index contributed by atoms with van der Waals surface area (Å²) >= 11 is 5.87. The molecule has 2 aromatic carbocycles. The van der Waals surface area contributed by atoms with Crippen molar-refractivity contribution in [2.75, 3.05) is 5.73 Å². The van der Waals surface area contributed by atoms with Crippen molar-refractivity contribution in [3.8, 4) is 0 Å². The van der Waals surface area contributed by atoms with Crippen LogP contribution in [-0.4, -0.2) is 8.42 Å². The number of sulfonamides is 1. The first-order valence-corrected chi connectivity index (χ1v) is 7.98. The van der Waals surface area contributed by atoms with E-state index in [-0.39, 0.29) is 5.69 Å². The molecule has 0 radical (unpaired) electrons. The zero-order valence-electron chi connectivity index (χ0n) is 11.2. The van der Waals surface area contributed by atoms with Gasteiger partial charge in [0.2, 0.25) is 10.0 Å². The molecule has 0 saturated carbocycles. The van der Waals surface area contributed by atoms with Crippen molar-refractivity contribution in [2.45, 2.75) is 17.9 Å². The van der Waals surface area contributed by atoms with Gasteiger partial charge in [-0.2, -0.15) is 0 Å². The number of benzene rings is 2. The van der Waals surface area contributed by atoms with Gasteiger partial charge in [0.25, 0.3) is 0 Å². The average molecular weight is 329 g/mol. The van der Waals surface area contributed by atoms with Gasteiger partial charge in [0.15, 0.2) is 0 Å². The zero-order valence-corrected chi connectivity index (χ0v) is 12.7. The van der Waals surface area contributed by atoms with Crippen LogP contribution in [0.15, 0.2) is 47.4 Å². The van der Waals surface area contributed by atoms with Crippen molar-refractivity contribution in [1.82, 2.24) is 4.72 Å². The van der Waals surface area contributed by atoms with E-state index in [1.165, 1.54) is 6.07 Å². The number of nitrogen functional groups attached to an aromatic ring is 1. The predicted octanol–water partition coefficient (Wildman–Crippen LogP) is 3.10. The summed E-state index contributed by atoms with van der Waals surface area (Å²) in [7, 11) is -4.02. The van der Waals surface area contributed by atoms with Crippen LogP contribution in [0.2, 0.25) is 5.02 Å². The quantitative estimate of drug-likeness (QED) is 0.847. The molecule has 0 bridgehead atoms. The van der Waals surface area contributed by atoms with Crippen molar-refractivity contribution in [2.24, 2.45) is 0 Å². The minimum absolute atomic E-state index is 0.173. The molecule has 21 heavy (non-hydrogen) atoms. The summed E-state index contributed by atoms with van der Waals surface area (Å²) in [6, 6.07) is 9.62. The Morgan fingerprint density at radius 1 is 1.24 bits per heavy atom. The monoisotopic (exact) mass is 328 g/mol. The second kappa shape index (κ2) is 6.01. The molecule has 1 atom stereocenters. The standard InChI is InChI=1S/C14H14ClFN2O2S/c1-9(10-3-2-4-11(15)7-10)18-21(19,20)14-8-12(17)5-6-13(14)16/h2-9,18H,17H2,1H3. The molecule has 3 N–H and O–H groups in total. The van der Waals surface area contributed by atoms with E-state index < -0.39 is 26.8 Å². The smallest absolute Gasteiger partial charge is 0.244 e. The molecule has 2 aromatic rings. The Hall–Kier alpha value is -1.63. The largest absolute Gasteiger partial charge is 0.399 e. The average Bonchev–Trinajstić information content (AvgIpc) is 2.41. The summed E-state index contributed by atoms with van der Waals surface area (Å²) in [6.45, 7) is 1.65. The molecule has 0 saturated heterocycles. The molecule has 0 spiro atoms. The van der Waals surface area contributed by atoms with Gasteiger partial charge in [-0.15, -0.1) is 0 Å². The predicted molar refractivity (Wildman–Crippen MR) is 81.0 cm³/mol. The Morgan fingerprint density at radius 2 is 1.95 bits per heavy atom. The second-order valence-corrected chi connectivity index (χ2v) is 6.71. The summed E-state index contributed by atoms with van der Waals surface area (Å²) in [6.07, 6.45) is 0. The van der Waals surface area contributed by atoms with Gasteiger partial charge in [0.05, 0.1) is 0 Å². The minimum atomic E-state index is -4.02. The maximum Gasteiger partial charge on any atom is 0.244 e. The van der Waals surface area contributed by atoms with Crippen LogP contribution < -0.4 is 10.5 Å². The summed E-state index contributed by atoms with van der Waals surface area (Å²) in [5, 5.41) is 0.494. The summed E-state index contributed by atoms with van der Waals surface area (Å²) in [5.41, 5.74) is 6.36. The fraction of sp³-hybridized carbons (Fsp3) is 0.143. The number of nitrogens with one attached hydrogen (secondary N) is 1. The lowest BCUT2D eigenvalue weighted by Crippen LogP contribution is -2.27. The third-order valence-electron chi connectivity index (χ3n) is 2.93. The normalized spacial score (nSPS) is 13.1. The molecule has 7 heteroatoms. The van der Waals surface area contributed by atoms with E-state index in [2.05, 4.69) is 4.72 Å². The number of anilines is 1. The van der Waals surface area contributed by atoms with Gasteiger partial charge >= 0.3 is 0 Å². The number of hydrogen-bond acceptors (Lipinski definition) is 3. The zero-order chi connectivity index (χ0) is 15.6. The number of rotatable bonds is 4. The van der Waals surface area contributed by atoms with Gasteiger partial charge in [0, 0.05) is 16.8 Å². The van der Waals surface area contributed by atoms with Crippen LogP contribution in [0.4, 0.5) is 10.1 Å². The van der Waals surface area contributed by atoms with Gasteiger partial charge < -0.3 is 5.73 Å². The molecular formula is C14H14ClFN2O2S. The van der Waals surface area contributed by atoms with E-state index in [9.17, 15) is 12.8 Å². The van der Waals surface area contributed by atoms with E-state index in [0.29, 0.717) is 10.6 Å².